The van der Waals surface area contributed by atoms with Crippen molar-refractivity contribution in [2.75, 3.05) is 0 Å². The minimum Gasteiger partial charge on any atom is -0.328 e. The van der Waals surface area contributed by atoms with Gasteiger partial charge in [-0.15, -0.1) is 0 Å². The Morgan fingerprint density at radius 1 is 1.24 bits per heavy atom. The molecule has 1 aromatic carbocycles. The van der Waals surface area contributed by atoms with E-state index in [0.29, 0.717) is 10.4 Å². The van der Waals surface area contributed by atoms with Gasteiger partial charge in [0.2, 0.25) is 0 Å². The number of aromatic amines is 1. The molecule has 0 aliphatic heterocycles. The van der Waals surface area contributed by atoms with E-state index in [-0.39, 0.29) is 5.56 Å². The van der Waals surface area contributed by atoms with Gasteiger partial charge in [-0.25, -0.2) is 9.50 Å². The van der Waals surface area contributed by atoms with Crippen LogP contribution in [0.3, 0.4) is 0 Å². The van der Waals surface area contributed by atoms with Crippen molar-refractivity contribution in [1.82, 2.24) is 19.6 Å². The average molecular weight is 297 g/mol. The Kier molecular flexibility index (Phi) is 2.55. The van der Waals surface area contributed by atoms with Crippen LogP contribution in [0.2, 0.25) is 5.02 Å². The van der Waals surface area contributed by atoms with Gasteiger partial charge in [0.25, 0.3) is 5.56 Å². The molecule has 5 nitrogen and oxygen atoms in total. The molecule has 0 aliphatic carbocycles. The van der Waals surface area contributed by atoms with Crippen LogP contribution in [-0.4, -0.2) is 19.6 Å². The van der Waals surface area contributed by atoms with Crippen LogP contribution in [0.5, 0.6) is 0 Å². The second-order valence-electron chi connectivity index (χ2n) is 4.67. The molecule has 0 atom stereocenters. The van der Waals surface area contributed by atoms with Crippen molar-refractivity contribution < 1.29 is 0 Å². The quantitative estimate of drug-likeness (QED) is 0.587. The number of rotatable bonds is 1. The van der Waals surface area contributed by atoms with Gasteiger partial charge in [0.15, 0.2) is 5.65 Å². The standard InChI is InChI=1S/C15H9ClN4O/c16-12-3-1-2-10-11(7-18-15(21)14(10)12)9-6-17-13-4-5-19-20(13)8-9/h1-8H,(H,18,21). The Bertz CT molecular complexity index is 1030. The molecule has 3 heterocycles. The summed E-state index contributed by atoms with van der Waals surface area (Å²) in [5.41, 5.74) is 2.28. The Morgan fingerprint density at radius 3 is 3.05 bits per heavy atom. The first-order valence-corrected chi connectivity index (χ1v) is 6.71. The molecule has 0 saturated heterocycles. The lowest BCUT2D eigenvalue weighted by Gasteiger charge is -2.07. The molecular formula is C15H9ClN4O. The molecule has 0 spiro atoms. The first-order valence-electron chi connectivity index (χ1n) is 6.34. The minimum absolute atomic E-state index is 0.201. The second kappa shape index (κ2) is 4.43. The molecule has 4 rings (SSSR count). The lowest BCUT2D eigenvalue weighted by Crippen LogP contribution is -2.06. The van der Waals surface area contributed by atoms with E-state index in [9.17, 15) is 4.79 Å². The molecular weight excluding hydrogens is 288 g/mol. The molecule has 0 radical (unpaired) electrons. The summed E-state index contributed by atoms with van der Waals surface area (Å²) in [4.78, 5) is 19.1. The van der Waals surface area contributed by atoms with Crippen LogP contribution >= 0.6 is 11.6 Å². The summed E-state index contributed by atoms with van der Waals surface area (Å²) < 4.78 is 1.69. The fourth-order valence-electron chi connectivity index (χ4n) is 2.45. The van der Waals surface area contributed by atoms with Gasteiger partial charge in [-0.05, 0) is 11.5 Å². The summed E-state index contributed by atoms with van der Waals surface area (Å²) in [6.45, 7) is 0. The van der Waals surface area contributed by atoms with Crippen molar-refractivity contribution in [1.29, 1.82) is 0 Å². The maximum absolute atomic E-state index is 12.0. The first kappa shape index (κ1) is 12.1. The van der Waals surface area contributed by atoms with Crippen LogP contribution in [0.25, 0.3) is 27.5 Å². The zero-order valence-corrected chi connectivity index (χ0v) is 11.5. The first-order chi connectivity index (χ1) is 10.2. The molecule has 0 fully saturated rings. The second-order valence-corrected chi connectivity index (χ2v) is 5.08. The predicted octanol–water partition coefficient (Wildman–Crippen LogP) is 2.89. The van der Waals surface area contributed by atoms with E-state index >= 15 is 0 Å². The van der Waals surface area contributed by atoms with Crippen molar-refractivity contribution in [3.8, 4) is 11.1 Å². The van der Waals surface area contributed by atoms with Gasteiger partial charge in [0.1, 0.15) is 0 Å². The SMILES string of the molecule is O=c1[nH]cc(-c2cnc3ccnn3c2)c2cccc(Cl)c12. The third-order valence-electron chi connectivity index (χ3n) is 3.44. The van der Waals surface area contributed by atoms with Crippen molar-refractivity contribution >= 4 is 28.0 Å². The van der Waals surface area contributed by atoms with Crippen molar-refractivity contribution in [2.45, 2.75) is 0 Å². The number of benzene rings is 1. The summed E-state index contributed by atoms with van der Waals surface area (Å²) in [5.74, 6) is 0. The van der Waals surface area contributed by atoms with E-state index < -0.39 is 0 Å². The zero-order chi connectivity index (χ0) is 14.4. The topological polar surface area (TPSA) is 63.0 Å². The molecule has 0 amide bonds. The van der Waals surface area contributed by atoms with Gasteiger partial charge >= 0.3 is 0 Å². The van der Waals surface area contributed by atoms with Crippen LogP contribution in [-0.2, 0) is 0 Å². The number of aromatic nitrogens is 4. The summed E-state index contributed by atoms with van der Waals surface area (Å²) in [5, 5.41) is 5.89. The van der Waals surface area contributed by atoms with Crippen LogP contribution in [0.1, 0.15) is 0 Å². The zero-order valence-electron chi connectivity index (χ0n) is 10.7. The van der Waals surface area contributed by atoms with E-state index in [1.54, 1.807) is 29.2 Å². The molecule has 0 unspecified atom stereocenters. The molecule has 102 valence electrons. The molecule has 21 heavy (non-hydrogen) atoms. The van der Waals surface area contributed by atoms with Crippen LogP contribution < -0.4 is 5.56 Å². The van der Waals surface area contributed by atoms with E-state index in [1.165, 1.54) is 0 Å². The van der Waals surface area contributed by atoms with Crippen LogP contribution in [0, 0.1) is 0 Å². The Hall–Kier alpha value is -2.66. The van der Waals surface area contributed by atoms with Gasteiger partial charge in [-0.3, -0.25) is 4.79 Å². The highest BCUT2D eigenvalue weighted by atomic mass is 35.5. The highest BCUT2D eigenvalue weighted by molar-refractivity contribution is 6.35. The Labute approximate surface area is 123 Å². The number of hydrogen-bond donors (Lipinski definition) is 1. The van der Waals surface area contributed by atoms with Gasteiger partial charge < -0.3 is 4.98 Å². The minimum atomic E-state index is -0.201. The van der Waals surface area contributed by atoms with Crippen LogP contribution in [0.4, 0.5) is 0 Å². The van der Waals surface area contributed by atoms with Gasteiger partial charge in [0.05, 0.1) is 16.6 Å². The van der Waals surface area contributed by atoms with E-state index in [2.05, 4.69) is 15.1 Å². The Morgan fingerprint density at radius 2 is 2.14 bits per heavy atom. The highest BCUT2D eigenvalue weighted by Crippen LogP contribution is 2.29. The number of H-pyrrole nitrogens is 1. The van der Waals surface area contributed by atoms with Gasteiger partial charge in [-0.2, -0.15) is 5.10 Å². The molecule has 1 N–H and O–H groups in total. The van der Waals surface area contributed by atoms with Crippen molar-refractivity contribution in [3.63, 3.8) is 0 Å². The van der Waals surface area contributed by atoms with E-state index in [4.69, 9.17) is 11.6 Å². The average Bonchev–Trinajstić information content (AvgIpc) is 2.95. The molecule has 0 bridgehead atoms. The van der Waals surface area contributed by atoms with Gasteiger partial charge in [-0.1, -0.05) is 23.7 Å². The third-order valence-corrected chi connectivity index (χ3v) is 3.75. The van der Waals surface area contributed by atoms with Crippen LogP contribution in [0.15, 0.2) is 53.8 Å². The predicted molar refractivity (Wildman–Crippen MR) is 81.6 cm³/mol. The fourth-order valence-corrected chi connectivity index (χ4v) is 2.72. The van der Waals surface area contributed by atoms with Crippen molar-refractivity contribution in [3.05, 3.63) is 64.4 Å². The molecule has 0 aliphatic rings. The summed E-state index contributed by atoms with van der Waals surface area (Å²) >= 11 is 6.15. The number of nitrogens with one attached hydrogen (secondary N) is 1. The maximum Gasteiger partial charge on any atom is 0.257 e. The number of hydrogen-bond acceptors (Lipinski definition) is 3. The Balaban J connectivity index is 2.08. The fraction of sp³-hybridized carbons (Fsp3) is 0. The third kappa shape index (κ3) is 1.82. The molecule has 3 aromatic heterocycles. The van der Waals surface area contributed by atoms with Gasteiger partial charge in [0, 0.05) is 35.8 Å². The maximum atomic E-state index is 12.0. The number of pyridine rings is 1. The smallest absolute Gasteiger partial charge is 0.257 e. The lowest BCUT2D eigenvalue weighted by molar-refractivity contribution is 0.941. The molecule has 6 heteroatoms. The number of fused-ring (bicyclic) bond motifs is 2. The summed E-state index contributed by atoms with van der Waals surface area (Å²) in [7, 11) is 0. The number of nitrogens with zero attached hydrogens (tertiary/aromatic N) is 3. The van der Waals surface area contributed by atoms with E-state index in [0.717, 1.165) is 22.2 Å². The monoisotopic (exact) mass is 296 g/mol. The molecule has 0 saturated carbocycles. The summed E-state index contributed by atoms with van der Waals surface area (Å²) in [6, 6.07) is 7.23. The normalized spacial score (nSPS) is 11.3. The number of halogens is 1. The van der Waals surface area contributed by atoms with Crippen molar-refractivity contribution in [2.24, 2.45) is 0 Å². The highest BCUT2D eigenvalue weighted by Gasteiger charge is 2.10. The summed E-state index contributed by atoms with van der Waals surface area (Å²) in [6.07, 6.45) is 6.99. The lowest BCUT2D eigenvalue weighted by atomic mass is 10.0. The molecule has 4 aromatic rings. The van der Waals surface area contributed by atoms with E-state index in [1.807, 2.05) is 24.4 Å². The largest absolute Gasteiger partial charge is 0.328 e.